The van der Waals surface area contributed by atoms with Gasteiger partial charge in [0.15, 0.2) is 5.82 Å². The minimum atomic E-state index is -0.475. The summed E-state index contributed by atoms with van der Waals surface area (Å²) < 4.78 is 0. The normalized spacial score (nSPS) is 17.0. The molecular weight excluding hydrogens is 334 g/mol. The number of rotatable bonds is 4. The molecule has 26 heavy (non-hydrogen) atoms. The number of anilines is 2. The van der Waals surface area contributed by atoms with Crippen LogP contribution in [0.3, 0.4) is 0 Å². The Morgan fingerprint density at radius 3 is 2.77 bits per heavy atom. The molecular formula is C18H21N5O3. The topological polar surface area (TPSA) is 101 Å². The highest BCUT2D eigenvalue weighted by molar-refractivity contribution is 5.96. The van der Waals surface area contributed by atoms with Crippen LogP contribution in [0.15, 0.2) is 30.3 Å². The molecule has 1 amide bonds. The molecule has 136 valence electrons. The number of benzene rings is 1. The summed E-state index contributed by atoms with van der Waals surface area (Å²) in [6.07, 6.45) is 1.59. The number of aromatic nitrogens is 2. The third kappa shape index (κ3) is 3.79. The van der Waals surface area contributed by atoms with Crippen molar-refractivity contribution in [1.82, 2.24) is 10.2 Å². The first kappa shape index (κ1) is 17.8. The molecule has 8 nitrogen and oxygen atoms in total. The lowest BCUT2D eigenvalue weighted by atomic mass is 9.96. The number of piperidine rings is 1. The Bertz CT molecular complexity index is 822. The van der Waals surface area contributed by atoms with Crippen LogP contribution >= 0.6 is 0 Å². The van der Waals surface area contributed by atoms with Gasteiger partial charge in [-0.1, -0.05) is 12.1 Å². The summed E-state index contributed by atoms with van der Waals surface area (Å²) >= 11 is 0. The van der Waals surface area contributed by atoms with E-state index < -0.39 is 4.92 Å². The number of hydrogen-bond donors (Lipinski definition) is 1. The maximum absolute atomic E-state index is 12.7. The zero-order valence-corrected chi connectivity index (χ0v) is 14.8. The summed E-state index contributed by atoms with van der Waals surface area (Å²) in [5.74, 6) is 0.285. The predicted molar refractivity (Wildman–Crippen MR) is 98.2 cm³/mol. The molecule has 1 aliphatic heterocycles. The largest absolute Gasteiger partial charge is 0.354 e. The fourth-order valence-electron chi connectivity index (χ4n) is 3.15. The number of amides is 1. The number of para-hydroxylation sites is 1. The first-order chi connectivity index (χ1) is 12.5. The van der Waals surface area contributed by atoms with Crippen molar-refractivity contribution in [2.24, 2.45) is 5.92 Å². The summed E-state index contributed by atoms with van der Waals surface area (Å²) in [4.78, 5) is 25.5. The van der Waals surface area contributed by atoms with Crippen molar-refractivity contribution < 1.29 is 9.72 Å². The number of nitrogens with zero attached hydrogens (tertiary/aromatic N) is 4. The van der Waals surface area contributed by atoms with Gasteiger partial charge >= 0.3 is 0 Å². The number of aryl methyl sites for hydroxylation is 2. The second-order valence-electron chi connectivity index (χ2n) is 6.53. The molecule has 1 aromatic heterocycles. The lowest BCUT2D eigenvalue weighted by molar-refractivity contribution is -0.384. The van der Waals surface area contributed by atoms with E-state index >= 15 is 0 Å². The Morgan fingerprint density at radius 1 is 1.27 bits per heavy atom. The molecule has 1 atom stereocenters. The number of nitro groups is 1. The van der Waals surface area contributed by atoms with Crippen LogP contribution in [0.4, 0.5) is 17.2 Å². The molecule has 1 aliphatic rings. The van der Waals surface area contributed by atoms with E-state index in [1.807, 2.05) is 24.0 Å². The fourth-order valence-corrected chi connectivity index (χ4v) is 3.15. The van der Waals surface area contributed by atoms with Crippen LogP contribution in [0, 0.1) is 29.9 Å². The second-order valence-corrected chi connectivity index (χ2v) is 6.53. The average Bonchev–Trinajstić information content (AvgIpc) is 2.64. The summed E-state index contributed by atoms with van der Waals surface area (Å²) in [6.45, 7) is 4.95. The van der Waals surface area contributed by atoms with Gasteiger partial charge < -0.3 is 10.2 Å². The fraction of sp³-hybridized carbons (Fsp3) is 0.389. The molecule has 1 unspecified atom stereocenters. The van der Waals surface area contributed by atoms with Gasteiger partial charge in [-0.25, -0.2) is 0 Å². The quantitative estimate of drug-likeness (QED) is 0.668. The molecule has 0 aliphatic carbocycles. The summed E-state index contributed by atoms with van der Waals surface area (Å²) in [7, 11) is 0. The number of nitrogens with one attached hydrogen (secondary N) is 1. The maximum atomic E-state index is 12.7. The Hall–Kier alpha value is -3.03. The van der Waals surface area contributed by atoms with Crippen LogP contribution in [-0.2, 0) is 4.79 Å². The Kier molecular flexibility index (Phi) is 5.11. The van der Waals surface area contributed by atoms with Crippen molar-refractivity contribution in [3.05, 3.63) is 51.7 Å². The van der Waals surface area contributed by atoms with Gasteiger partial charge in [-0.2, -0.15) is 5.10 Å². The number of carbonyl (C=O) groups excluding carboxylic acids is 1. The van der Waals surface area contributed by atoms with Gasteiger partial charge in [-0.3, -0.25) is 14.9 Å². The average molecular weight is 355 g/mol. The highest BCUT2D eigenvalue weighted by atomic mass is 16.6. The van der Waals surface area contributed by atoms with Gasteiger partial charge in [-0.05, 0) is 44.4 Å². The molecule has 0 radical (unpaired) electrons. The van der Waals surface area contributed by atoms with Gasteiger partial charge in [0.2, 0.25) is 5.91 Å². The third-order valence-corrected chi connectivity index (χ3v) is 4.60. The summed E-state index contributed by atoms with van der Waals surface area (Å²) in [6, 6.07) is 8.55. The van der Waals surface area contributed by atoms with Crippen LogP contribution in [0.2, 0.25) is 0 Å². The molecule has 1 aromatic carbocycles. The molecule has 1 N–H and O–H groups in total. The highest BCUT2D eigenvalue weighted by Gasteiger charge is 2.28. The van der Waals surface area contributed by atoms with Crippen LogP contribution in [0.25, 0.3) is 0 Å². The lowest BCUT2D eigenvalue weighted by Gasteiger charge is -2.32. The first-order valence-corrected chi connectivity index (χ1v) is 8.56. The van der Waals surface area contributed by atoms with Gasteiger partial charge in [0.05, 0.1) is 16.5 Å². The Balaban J connectivity index is 1.74. The van der Waals surface area contributed by atoms with Gasteiger partial charge in [0, 0.05) is 19.2 Å². The second kappa shape index (κ2) is 7.47. The molecule has 3 rings (SSSR count). The van der Waals surface area contributed by atoms with E-state index in [0.717, 1.165) is 30.9 Å². The molecule has 8 heteroatoms. The number of nitro benzene ring substituents is 1. The molecule has 2 heterocycles. The van der Waals surface area contributed by atoms with Crippen LogP contribution in [0.5, 0.6) is 0 Å². The monoisotopic (exact) mass is 355 g/mol. The number of hydrogen-bond acceptors (Lipinski definition) is 6. The van der Waals surface area contributed by atoms with Crippen molar-refractivity contribution in [3.63, 3.8) is 0 Å². The van der Waals surface area contributed by atoms with E-state index in [-0.39, 0.29) is 23.2 Å². The Labute approximate surface area is 151 Å². The lowest BCUT2D eigenvalue weighted by Crippen LogP contribution is -2.41. The van der Waals surface area contributed by atoms with Crippen molar-refractivity contribution >= 4 is 23.1 Å². The zero-order chi connectivity index (χ0) is 18.7. The number of carbonyl (C=O) groups is 1. The van der Waals surface area contributed by atoms with Crippen molar-refractivity contribution in [2.75, 3.05) is 23.3 Å². The van der Waals surface area contributed by atoms with Gasteiger partial charge in [0.25, 0.3) is 5.69 Å². The smallest absolute Gasteiger partial charge is 0.293 e. The molecule has 2 aromatic rings. The maximum Gasteiger partial charge on any atom is 0.293 e. The highest BCUT2D eigenvalue weighted by Crippen LogP contribution is 2.29. The molecule has 0 spiro atoms. The predicted octanol–water partition coefficient (Wildman–Crippen LogP) is 2.86. The van der Waals surface area contributed by atoms with Crippen molar-refractivity contribution in [1.29, 1.82) is 0 Å². The van der Waals surface area contributed by atoms with Crippen LogP contribution < -0.4 is 10.2 Å². The molecule has 1 fully saturated rings. The summed E-state index contributed by atoms with van der Waals surface area (Å²) in [5, 5.41) is 22.2. The standard InChI is InChI=1S/C18H21N5O3/c1-12-5-3-7-15(23(25)26)17(12)19-18(24)14-6-4-10-22(11-14)16-9-8-13(2)20-21-16/h3,5,7-9,14H,4,6,10-11H2,1-2H3,(H,19,24). The van der Waals surface area contributed by atoms with E-state index in [1.54, 1.807) is 19.1 Å². The molecule has 0 saturated carbocycles. The van der Waals surface area contributed by atoms with Crippen molar-refractivity contribution in [2.45, 2.75) is 26.7 Å². The van der Waals surface area contributed by atoms with E-state index in [0.29, 0.717) is 12.1 Å². The van der Waals surface area contributed by atoms with Crippen LogP contribution in [-0.4, -0.2) is 34.1 Å². The molecule has 0 bridgehead atoms. The van der Waals surface area contributed by atoms with Crippen molar-refractivity contribution in [3.8, 4) is 0 Å². The SMILES string of the molecule is Cc1ccc(N2CCCC(C(=O)Nc3c(C)cccc3[N+](=O)[O-])C2)nn1. The third-order valence-electron chi connectivity index (χ3n) is 4.60. The van der Waals surface area contributed by atoms with E-state index in [4.69, 9.17) is 0 Å². The van der Waals surface area contributed by atoms with E-state index in [2.05, 4.69) is 15.5 Å². The van der Waals surface area contributed by atoms with Gasteiger partial charge in [-0.15, -0.1) is 5.10 Å². The van der Waals surface area contributed by atoms with E-state index in [1.165, 1.54) is 6.07 Å². The minimum absolute atomic E-state index is 0.0876. The van der Waals surface area contributed by atoms with E-state index in [9.17, 15) is 14.9 Å². The Morgan fingerprint density at radius 2 is 2.08 bits per heavy atom. The molecule has 1 saturated heterocycles. The van der Waals surface area contributed by atoms with Gasteiger partial charge in [0.1, 0.15) is 5.69 Å². The van der Waals surface area contributed by atoms with Crippen LogP contribution in [0.1, 0.15) is 24.1 Å². The first-order valence-electron chi connectivity index (χ1n) is 8.56. The zero-order valence-electron chi connectivity index (χ0n) is 14.8. The summed E-state index contributed by atoms with van der Waals surface area (Å²) in [5.41, 5.74) is 1.70. The minimum Gasteiger partial charge on any atom is -0.354 e.